The summed E-state index contributed by atoms with van der Waals surface area (Å²) in [6.07, 6.45) is 0.902. The van der Waals surface area contributed by atoms with Crippen LogP contribution in [0.4, 0.5) is 0 Å². The average molecular weight is 488 g/mol. The van der Waals surface area contributed by atoms with E-state index in [2.05, 4.69) is 66.5 Å². The van der Waals surface area contributed by atoms with Crippen LogP contribution in [0, 0.1) is 27.7 Å². The molecule has 0 fully saturated rings. The third-order valence-electron chi connectivity index (χ3n) is 3.79. The van der Waals surface area contributed by atoms with Gasteiger partial charge in [-0.25, -0.2) is 4.98 Å². The van der Waals surface area contributed by atoms with Crippen LogP contribution >= 0.6 is 35.3 Å². The molecule has 0 bridgehead atoms. The number of rotatable bonds is 7. The number of benzene rings is 1. The first-order valence-corrected chi connectivity index (χ1v) is 9.38. The molecule has 0 unspecified atom stereocenters. The molecule has 0 aliphatic heterocycles. The van der Waals surface area contributed by atoms with Crippen molar-refractivity contribution in [3.05, 3.63) is 44.9 Å². The summed E-state index contributed by atoms with van der Waals surface area (Å²) in [5, 5.41) is 7.75. The van der Waals surface area contributed by atoms with Gasteiger partial charge in [-0.2, -0.15) is 0 Å². The van der Waals surface area contributed by atoms with Gasteiger partial charge in [0.15, 0.2) is 5.96 Å². The number of ether oxygens (including phenoxy) is 1. The summed E-state index contributed by atoms with van der Waals surface area (Å²) >= 11 is 1.76. The second-order valence-corrected chi connectivity index (χ2v) is 7.38. The van der Waals surface area contributed by atoms with E-state index in [1.165, 1.54) is 16.0 Å². The van der Waals surface area contributed by atoms with Crippen LogP contribution in [0.25, 0.3) is 0 Å². The molecule has 0 amide bonds. The highest BCUT2D eigenvalue weighted by molar-refractivity contribution is 14.0. The van der Waals surface area contributed by atoms with Crippen LogP contribution in [-0.2, 0) is 6.42 Å². The highest BCUT2D eigenvalue weighted by Gasteiger charge is 2.04. The molecule has 0 spiro atoms. The summed E-state index contributed by atoms with van der Waals surface area (Å²) in [5.41, 5.74) is 3.56. The zero-order chi connectivity index (χ0) is 18.2. The van der Waals surface area contributed by atoms with Gasteiger partial charge < -0.3 is 15.4 Å². The van der Waals surface area contributed by atoms with Gasteiger partial charge in [-0.15, -0.1) is 35.3 Å². The lowest BCUT2D eigenvalue weighted by atomic mass is 10.1. The largest absolute Gasteiger partial charge is 0.492 e. The number of halogens is 1. The van der Waals surface area contributed by atoms with Crippen LogP contribution in [0.2, 0.25) is 0 Å². The average Bonchev–Trinajstić information content (AvgIpc) is 2.87. The summed E-state index contributed by atoms with van der Waals surface area (Å²) in [5.74, 6) is 1.70. The van der Waals surface area contributed by atoms with Crippen molar-refractivity contribution >= 4 is 41.3 Å². The maximum absolute atomic E-state index is 5.80. The maximum atomic E-state index is 5.80. The van der Waals surface area contributed by atoms with Crippen LogP contribution in [0.1, 0.15) is 26.7 Å². The van der Waals surface area contributed by atoms with Crippen LogP contribution in [-0.4, -0.2) is 37.7 Å². The Hall–Kier alpha value is -1.35. The Morgan fingerprint density at radius 3 is 2.31 bits per heavy atom. The summed E-state index contributed by atoms with van der Waals surface area (Å²) in [4.78, 5) is 10.1. The zero-order valence-corrected chi connectivity index (χ0v) is 19.3. The van der Waals surface area contributed by atoms with Crippen molar-refractivity contribution in [2.24, 2.45) is 4.99 Å². The van der Waals surface area contributed by atoms with E-state index < -0.39 is 0 Å². The molecule has 0 saturated heterocycles. The van der Waals surface area contributed by atoms with E-state index in [0.29, 0.717) is 13.2 Å². The molecule has 0 aliphatic carbocycles. The van der Waals surface area contributed by atoms with Crippen molar-refractivity contribution in [2.45, 2.75) is 34.1 Å². The molecule has 26 heavy (non-hydrogen) atoms. The lowest BCUT2D eigenvalue weighted by Crippen LogP contribution is -2.40. The number of aromatic nitrogens is 1. The van der Waals surface area contributed by atoms with E-state index in [-0.39, 0.29) is 24.0 Å². The molecule has 1 heterocycles. The Labute approximate surface area is 177 Å². The normalized spacial score (nSPS) is 11.0. The van der Waals surface area contributed by atoms with E-state index in [1.807, 2.05) is 0 Å². The topological polar surface area (TPSA) is 58.5 Å². The number of nitrogens with zero attached hydrogens (tertiary/aromatic N) is 2. The quantitative estimate of drug-likeness (QED) is 0.270. The number of hydrogen-bond donors (Lipinski definition) is 2. The number of hydrogen-bond acceptors (Lipinski definition) is 4. The molecule has 0 aliphatic rings. The Bertz CT molecular complexity index is 691. The van der Waals surface area contributed by atoms with Crippen molar-refractivity contribution in [3.8, 4) is 5.75 Å². The van der Waals surface area contributed by atoms with Crippen molar-refractivity contribution < 1.29 is 4.74 Å². The van der Waals surface area contributed by atoms with E-state index in [4.69, 9.17) is 4.74 Å². The maximum Gasteiger partial charge on any atom is 0.191 e. The third-order valence-corrected chi connectivity index (χ3v) is 4.92. The zero-order valence-electron chi connectivity index (χ0n) is 16.2. The van der Waals surface area contributed by atoms with Gasteiger partial charge in [0.25, 0.3) is 0 Å². The Morgan fingerprint density at radius 2 is 1.73 bits per heavy atom. The van der Waals surface area contributed by atoms with Crippen molar-refractivity contribution in [1.82, 2.24) is 15.6 Å². The predicted molar refractivity (Wildman–Crippen MR) is 121 cm³/mol. The first-order valence-electron chi connectivity index (χ1n) is 8.56. The Balaban J connectivity index is 0.00000338. The number of aliphatic imine (C=N–C) groups is 1. The molecule has 2 N–H and O–H groups in total. The predicted octanol–water partition coefficient (Wildman–Crippen LogP) is 3.78. The van der Waals surface area contributed by atoms with E-state index >= 15 is 0 Å². The number of nitrogens with one attached hydrogen (secondary N) is 2. The van der Waals surface area contributed by atoms with Crippen molar-refractivity contribution in [1.29, 1.82) is 0 Å². The van der Waals surface area contributed by atoms with Crippen LogP contribution in [0.5, 0.6) is 5.75 Å². The monoisotopic (exact) mass is 488 g/mol. The van der Waals surface area contributed by atoms with Crippen molar-refractivity contribution in [3.63, 3.8) is 0 Å². The fourth-order valence-corrected chi connectivity index (χ4v) is 3.44. The third kappa shape index (κ3) is 7.49. The van der Waals surface area contributed by atoms with Gasteiger partial charge in [-0.3, -0.25) is 4.99 Å². The molecule has 0 atom stereocenters. The fraction of sp³-hybridized carbons (Fsp3) is 0.474. The summed E-state index contributed by atoms with van der Waals surface area (Å²) in [6.45, 7) is 10.4. The summed E-state index contributed by atoms with van der Waals surface area (Å²) in [7, 11) is 1.78. The highest BCUT2D eigenvalue weighted by atomic mass is 127. The van der Waals surface area contributed by atoms with Crippen molar-refractivity contribution in [2.75, 3.05) is 26.7 Å². The van der Waals surface area contributed by atoms with E-state index in [0.717, 1.165) is 35.4 Å². The molecule has 2 aromatic rings. The van der Waals surface area contributed by atoms with Gasteiger partial charge >= 0.3 is 0 Å². The minimum atomic E-state index is 0. The number of aryl methyl sites for hydroxylation is 4. The lowest BCUT2D eigenvalue weighted by Gasteiger charge is -2.12. The van der Waals surface area contributed by atoms with Gasteiger partial charge in [0.05, 0.1) is 17.2 Å². The van der Waals surface area contributed by atoms with Gasteiger partial charge in [0.2, 0.25) is 0 Å². The minimum absolute atomic E-state index is 0. The first-order chi connectivity index (χ1) is 12.0. The molecule has 1 aromatic heterocycles. The molecule has 7 heteroatoms. The molecule has 0 radical (unpaired) electrons. The molecule has 0 saturated carbocycles. The standard InChI is InChI=1S/C19H28N4OS.HI/c1-13-10-14(2)12-17(11-13)24-9-8-22-19(20-5)21-7-6-18-23-15(3)16(4)25-18;/h10-12H,6-9H2,1-5H3,(H2,20,21,22);1H. The smallest absolute Gasteiger partial charge is 0.191 e. The SMILES string of the molecule is CN=C(NCCOc1cc(C)cc(C)c1)NCCc1nc(C)c(C)s1.I. The van der Waals surface area contributed by atoms with Gasteiger partial charge in [-0.05, 0) is 51.0 Å². The lowest BCUT2D eigenvalue weighted by molar-refractivity contribution is 0.321. The molecule has 1 aromatic carbocycles. The molecular formula is C19H29IN4OS. The molecule has 5 nitrogen and oxygen atoms in total. The van der Waals surface area contributed by atoms with Gasteiger partial charge in [-0.1, -0.05) is 6.07 Å². The fourth-order valence-electron chi connectivity index (χ4n) is 2.51. The van der Waals surface area contributed by atoms with Crippen LogP contribution in [0.3, 0.4) is 0 Å². The second kappa shape index (κ2) is 11.4. The van der Waals surface area contributed by atoms with E-state index in [1.54, 1.807) is 18.4 Å². The van der Waals surface area contributed by atoms with Gasteiger partial charge in [0, 0.05) is 24.9 Å². The van der Waals surface area contributed by atoms with Crippen LogP contribution in [0.15, 0.2) is 23.2 Å². The number of thiazole rings is 1. The highest BCUT2D eigenvalue weighted by Crippen LogP contribution is 2.16. The first kappa shape index (κ1) is 22.7. The van der Waals surface area contributed by atoms with Gasteiger partial charge in [0.1, 0.15) is 12.4 Å². The Morgan fingerprint density at radius 1 is 1.08 bits per heavy atom. The summed E-state index contributed by atoms with van der Waals surface area (Å²) < 4.78 is 5.80. The molecular weight excluding hydrogens is 459 g/mol. The summed E-state index contributed by atoms with van der Waals surface area (Å²) in [6, 6.07) is 6.25. The van der Waals surface area contributed by atoms with E-state index in [9.17, 15) is 0 Å². The second-order valence-electron chi connectivity index (χ2n) is 6.10. The number of guanidine groups is 1. The Kier molecular flexibility index (Phi) is 9.93. The minimum Gasteiger partial charge on any atom is -0.492 e. The molecule has 144 valence electrons. The van der Waals surface area contributed by atoms with Crippen LogP contribution < -0.4 is 15.4 Å². The molecule has 2 rings (SSSR count).